The fourth-order valence-electron chi connectivity index (χ4n) is 3.52. The second-order valence-electron chi connectivity index (χ2n) is 6.95. The van der Waals surface area contributed by atoms with Gasteiger partial charge >= 0.3 is 0 Å². The van der Waals surface area contributed by atoms with Crippen LogP contribution in [0.5, 0.6) is 0 Å². The molecule has 3 aromatic rings. The Morgan fingerprint density at radius 2 is 2.19 bits per heavy atom. The topological polar surface area (TPSA) is 74.2 Å². The first-order valence-electron chi connectivity index (χ1n) is 9.37. The van der Waals surface area contributed by atoms with Crippen LogP contribution in [-0.4, -0.2) is 59.4 Å². The lowest BCUT2D eigenvalue weighted by Crippen LogP contribution is -2.32. The number of para-hydroxylation sites is 1. The zero-order chi connectivity index (χ0) is 18.8. The SMILES string of the molecule is COCCc1nc(-c2cccc3c(C)c(C)[nH]c23)n(CC2COCCO2)n1. The molecule has 0 bridgehead atoms. The Labute approximate surface area is 158 Å². The van der Waals surface area contributed by atoms with Crippen LogP contribution in [0.1, 0.15) is 17.1 Å². The number of hydrogen-bond donors (Lipinski definition) is 1. The smallest absolute Gasteiger partial charge is 0.160 e. The normalized spacial score (nSPS) is 17.7. The summed E-state index contributed by atoms with van der Waals surface area (Å²) in [5, 5.41) is 5.95. The van der Waals surface area contributed by atoms with Crippen LogP contribution in [-0.2, 0) is 27.2 Å². The third-order valence-corrected chi connectivity index (χ3v) is 5.09. The Hall–Kier alpha value is -2.22. The fourth-order valence-corrected chi connectivity index (χ4v) is 3.52. The molecule has 7 heteroatoms. The van der Waals surface area contributed by atoms with Crippen molar-refractivity contribution in [2.24, 2.45) is 0 Å². The minimum absolute atomic E-state index is 0.0132. The number of aromatic nitrogens is 4. The predicted octanol–water partition coefficient (Wildman–Crippen LogP) is 2.65. The van der Waals surface area contributed by atoms with Crippen LogP contribution in [0.25, 0.3) is 22.3 Å². The molecule has 0 spiro atoms. The molecule has 1 saturated heterocycles. The van der Waals surface area contributed by atoms with Crippen molar-refractivity contribution in [2.75, 3.05) is 33.5 Å². The monoisotopic (exact) mass is 370 g/mol. The number of ether oxygens (including phenoxy) is 3. The van der Waals surface area contributed by atoms with E-state index in [9.17, 15) is 0 Å². The lowest BCUT2D eigenvalue weighted by atomic mass is 10.1. The molecular weight excluding hydrogens is 344 g/mol. The number of nitrogens with one attached hydrogen (secondary N) is 1. The molecule has 1 unspecified atom stereocenters. The Kier molecular flexibility index (Phi) is 5.24. The van der Waals surface area contributed by atoms with E-state index >= 15 is 0 Å². The molecule has 2 aromatic heterocycles. The van der Waals surface area contributed by atoms with Crippen molar-refractivity contribution in [1.82, 2.24) is 19.7 Å². The van der Waals surface area contributed by atoms with Gasteiger partial charge in [-0.1, -0.05) is 12.1 Å². The van der Waals surface area contributed by atoms with Crippen LogP contribution in [0, 0.1) is 13.8 Å². The van der Waals surface area contributed by atoms with Gasteiger partial charge in [-0.3, -0.25) is 0 Å². The summed E-state index contributed by atoms with van der Waals surface area (Å²) in [4.78, 5) is 8.34. The number of nitrogens with zero attached hydrogens (tertiary/aromatic N) is 3. The van der Waals surface area contributed by atoms with E-state index in [1.54, 1.807) is 7.11 Å². The molecule has 1 N–H and O–H groups in total. The first-order valence-corrected chi connectivity index (χ1v) is 9.37. The van der Waals surface area contributed by atoms with E-state index in [-0.39, 0.29) is 6.10 Å². The summed E-state index contributed by atoms with van der Waals surface area (Å²) in [5.74, 6) is 1.63. The van der Waals surface area contributed by atoms with E-state index in [0.717, 1.165) is 22.7 Å². The summed E-state index contributed by atoms with van der Waals surface area (Å²) in [6.07, 6.45) is 0.665. The summed E-state index contributed by atoms with van der Waals surface area (Å²) < 4.78 is 18.5. The molecule has 1 fully saturated rings. The van der Waals surface area contributed by atoms with Crippen molar-refractivity contribution >= 4 is 10.9 Å². The molecule has 0 saturated carbocycles. The van der Waals surface area contributed by atoms with Gasteiger partial charge < -0.3 is 19.2 Å². The highest BCUT2D eigenvalue weighted by atomic mass is 16.6. The van der Waals surface area contributed by atoms with Gasteiger partial charge in [0.05, 0.1) is 38.5 Å². The maximum atomic E-state index is 5.83. The molecular formula is C20H26N4O3. The third kappa shape index (κ3) is 3.63. The highest BCUT2D eigenvalue weighted by molar-refractivity contribution is 5.95. The quantitative estimate of drug-likeness (QED) is 0.722. The maximum Gasteiger partial charge on any atom is 0.160 e. The fraction of sp³-hybridized carbons (Fsp3) is 0.500. The average molecular weight is 370 g/mol. The molecule has 4 rings (SSSR count). The van der Waals surface area contributed by atoms with Gasteiger partial charge in [-0.05, 0) is 25.5 Å². The van der Waals surface area contributed by atoms with E-state index in [2.05, 4.69) is 37.0 Å². The zero-order valence-electron chi connectivity index (χ0n) is 16.1. The van der Waals surface area contributed by atoms with Crippen LogP contribution in [0.3, 0.4) is 0 Å². The molecule has 1 aliphatic rings. The highest BCUT2D eigenvalue weighted by Crippen LogP contribution is 2.30. The number of H-pyrrole nitrogens is 1. The molecule has 0 amide bonds. The molecule has 7 nitrogen and oxygen atoms in total. The van der Waals surface area contributed by atoms with Crippen LogP contribution in [0.15, 0.2) is 18.2 Å². The van der Waals surface area contributed by atoms with Crippen LogP contribution >= 0.6 is 0 Å². The Balaban J connectivity index is 1.76. The van der Waals surface area contributed by atoms with Gasteiger partial charge in [-0.2, -0.15) is 5.10 Å². The van der Waals surface area contributed by atoms with Gasteiger partial charge in [0.15, 0.2) is 11.6 Å². The Morgan fingerprint density at radius 3 is 2.96 bits per heavy atom. The van der Waals surface area contributed by atoms with Crippen molar-refractivity contribution in [2.45, 2.75) is 32.9 Å². The van der Waals surface area contributed by atoms with Gasteiger partial charge in [-0.25, -0.2) is 9.67 Å². The lowest BCUT2D eigenvalue weighted by molar-refractivity contribution is -0.0945. The Bertz CT molecular complexity index is 925. The number of hydrogen-bond acceptors (Lipinski definition) is 5. The molecule has 27 heavy (non-hydrogen) atoms. The minimum atomic E-state index is -0.0132. The van der Waals surface area contributed by atoms with Crippen LogP contribution < -0.4 is 0 Å². The summed E-state index contributed by atoms with van der Waals surface area (Å²) in [6.45, 7) is 7.30. The third-order valence-electron chi connectivity index (χ3n) is 5.09. The maximum absolute atomic E-state index is 5.83. The van der Waals surface area contributed by atoms with E-state index in [0.29, 0.717) is 39.4 Å². The van der Waals surface area contributed by atoms with Gasteiger partial charge in [0.1, 0.15) is 6.10 Å². The molecule has 1 atom stereocenters. The number of aromatic amines is 1. The van der Waals surface area contributed by atoms with E-state index in [1.165, 1.54) is 16.6 Å². The van der Waals surface area contributed by atoms with Crippen molar-refractivity contribution in [3.8, 4) is 11.4 Å². The van der Waals surface area contributed by atoms with Gasteiger partial charge in [0, 0.05) is 30.2 Å². The first-order chi connectivity index (χ1) is 13.2. The molecule has 0 aliphatic carbocycles. The minimum Gasteiger partial charge on any atom is -0.384 e. The number of rotatable bonds is 6. The number of aryl methyl sites for hydroxylation is 2. The largest absolute Gasteiger partial charge is 0.384 e. The van der Waals surface area contributed by atoms with Gasteiger partial charge in [0.25, 0.3) is 0 Å². The van der Waals surface area contributed by atoms with E-state index in [4.69, 9.17) is 24.3 Å². The van der Waals surface area contributed by atoms with Crippen molar-refractivity contribution in [1.29, 1.82) is 0 Å². The van der Waals surface area contributed by atoms with E-state index < -0.39 is 0 Å². The van der Waals surface area contributed by atoms with Crippen molar-refractivity contribution in [3.05, 3.63) is 35.3 Å². The molecule has 1 aromatic carbocycles. The summed E-state index contributed by atoms with van der Waals surface area (Å²) in [7, 11) is 1.69. The second kappa shape index (κ2) is 7.80. The Morgan fingerprint density at radius 1 is 1.30 bits per heavy atom. The molecule has 3 heterocycles. The summed E-state index contributed by atoms with van der Waals surface area (Å²) in [5.41, 5.74) is 4.59. The number of methoxy groups -OCH3 is 1. The lowest BCUT2D eigenvalue weighted by Gasteiger charge is -2.23. The molecule has 0 radical (unpaired) electrons. The summed E-state index contributed by atoms with van der Waals surface area (Å²) in [6, 6.07) is 6.31. The highest BCUT2D eigenvalue weighted by Gasteiger charge is 2.21. The molecule has 1 aliphatic heterocycles. The second-order valence-corrected chi connectivity index (χ2v) is 6.95. The van der Waals surface area contributed by atoms with Gasteiger partial charge in [0.2, 0.25) is 0 Å². The van der Waals surface area contributed by atoms with Crippen LogP contribution in [0.4, 0.5) is 0 Å². The molecule has 144 valence electrons. The predicted molar refractivity (Wildman–Crippen MR) is 103 cm³/mol. The van der Waals surface area contributed by atoms with Crippen molar-refractivity contribution in [3.63, 3.8) is 0 Å². The standard InChI is InChI=1S/C20H26N4O3/c1-13-14(2)21-19-16(13)5-4-6-17(19)20-22-18(7-8-25-3)23-24(20)11-15-12-26-9-10-27-15/h4-6,15,21H,7-12H2,1-3H3. The number of fused-ring (bicyclic) bond motifs is 1. The average Bonchev–Trinajstić information content (AvgIpc) is 3.21. The number of benzene rings is 1. The summed E-state index contributed by atoms with van der Waals surface area (Å²) >= 11 is 0. The first kappa shape index (κ1) is 18.2. The van der Waals surface area contributed by atoms with E-state index in [1.807, 2.05) is 4.68 Å². The van der Waals surface area contributed by atoms with Crippen LogP contribution in [0.2, 0.25) is 0 Å². The van der Waals surface area contributed by atoms with Gasteiger partial charge in [-0.15, -0.1) is 0 Å². The zero-order valence-corrected chi connectivity index (χ0v) is 16.1. The van der Waals surface area contributed by atoms with Crippen molar-refractivity contribution < 1.29 is 14.2 Å².